The van der Waals surface area contributed by atoms with Crippen molar-refractivity contribution in [3.63, 3.8) is 0 Å². The Kier molecular flexibility index (Phi) is 4.69. The molecule has 0 atom stereocenters. The standard InChI is InChI=1S/C14H16Cl2FNO/c15-9-14(7-2-1-3-8-14)18-13(19)10-5-4-6-11(16)12(10)17/h4-6H,1-3,7-9H2,(H,18,19). The first-order valence-corrected chi connectivity index (χ1v) is 7.32. The number of hydrogen-bond acceptors (Lipinski definition) is 1. The van der Waals surface area contributed by atoms with Gasteiger partial charge in [0, 0.05) is 5.88 Å². The molecule has 0 aromatic heterocycles. The molecule has 1 aromatic rings. The van der Waals surface area contributed by atoms with Gasteiger partial charge in [0.2, 0.25) is 0 Å². The molecule has 1 saturated carbocycles. The van der Waals surface area contributed by atoms with E-state index in [2.05, 4.69) is 5.32 Å². The van der Waals surface area contributed by atoms with Crippen molar-refractivity contribution in [3.8, 4) is 0 Å². The molecule has 1 aliphatic rings. The highest BCUT2D eigenvalue weighted by atomic mass is 35.5. The zero-order chi connectivity index (χ0) is 13.9. The van der Waals surface area contributed by atoms with Gasteiger partial charge in [0.15, 0.2) is 5.82 Å². The summed E-state index contributed by atoms with van der Waals surface area (Å²) in [5.41, 5.74) is -0.436. The molecule has 1 aromatic carbocycles. The molecule has 5 heteroatoms. The van der Waals surface area contributed by atoms with Crippen molar-refractivity contribution in [3.05, 3.63) is 34.6 Å². The molecule has 1 N–H and O–H groups in total. The molecule has 0 aliphatic heterocycles. The second kappa shape index (κ2) is 6.10. The second-order valence-electron chi connectivity index (χ2n) is 5.03. The van der Waals surface area contributed by atoms with Crippen molar-refractivity contribution in [1.82, 2.24) is 5.32 Å². The Morgan fingerprint density at radius 1 is 1.32 bits per heavy atom. The molecule has 19 heavy (non-hydrogen) atoms. The van der Waals surface area contributed by atoms with Gasteiger partial charge in [-0.05, 0) is 25.0 Å². The van der Waals surface area contributed by atoms with Crippen molar-refractivity contribution < 1.29 is 9.18 Å². The van der Waals surface area contributed by atoms with Gasteiger partial charge in [0.1, 0.15) is 0 Å². The summed E-state index contributed by atoms with van der Waals surface area (Å²) in [7, 11) is 0. The molecule has 1 aliphatic carbocycles. The summed E-state index contributed by atoms with van der Waals surface area (Å²) in [6.07, 6.45) is 4.89. The number of alkyl halides is 1. The molecule has 0 saturated heterocycles. The molecule has 2 nitrogen and oxygen atoms in total. The predicted molar refractivity (Wildman–Crippen MR) is 75.4 cm³/mol. The number of nitrogens with one attached hydrogen (secondary N) is 1. The van der Waals surface area contributed by atoms with Gasteiger partial charge in [0.25, 0.3) is 5.91 Å². The third kappa shape index (κ3) is 3.21. The Balaban J connectivity index is 2.17. The van der Waals surface area contributed by atoms with Crippen LogP contribution in [0.25, 0.3) is 0 Å². The number of benzene rings is 1. The van der Waals surface area contributed by atoms with Crippen LogP contribution in [-0.4, -0.2) is 17.3 Å². The second-order valence-corrected chi connectivity index (χ2v) is 5.70. The average molecular weight is 304 g/mol. The number of amides is 1. The minimum Gasteiger partial charge on any atom is -0.345 e. The van der Waals surface area contributed by atoms with Gasteiger partial charge in [-0.2, -0.15) is 0 Å². The Bertz CT molecular complexity index is 473. The molecule has 0 heterocycles. The zero-order valence-corrected chi connectivity index (χ0v) is 12.0. The molecule has 0 bridgehead atoms. The zero-order valence-electron chi connectivity index (χ0n) is 10.5. The van der Waals surface area contributed by atoms with Gasteiger partial charge in [0.05, 0.1) is 16.1 Å². The summed E-state index contributed by atoms with van der Waals surface area (Å²) >= 11 is 11.7. The van der Waals surface area contributed by atoms with Crippen LogP contribution in [0, 0.1) is 5.82 Å². The van der Waals surface area contributed by atoms with Crippen molar-refractivity contribution in [2.75, 3.05) is 5.88 Å². The number of rotatable bonds is 3. The number of carbonyl (C=O) groups is 1. The Hall–Kier alpha value is -0.800. The smallest absolute Gasteiger partial charge is 0.254 e. The Morgan fingerprint density at radius 2 is 2.00 bits per heavy atom. The molecule has 0 unspecified atom stereocenters. The highest BCUT2D eigenvalue weighted by Gasteiger charge is 2.33. The van der Waals surface area contributed by atoms with Crippen LogP contribution < -0.4 is 5.32 Å². The highest BCUT2D eigenvalue weighted by Crippen LogP contribution is 2.30. The maximum Gasteiger partial charge on any atom is 0.254 e. The van der Waals surface area contributed by atoms with Crippen LogP contribution in [0.2, 0.25) is 5.02 Å². The minimum atomic E-state index is -0.679. The number of halogens is 3. The van der Waals surface area contributed by atoms with E-state index in [9.17, 15) is 9.18 Å². The van der Waals surface area contributed by atoms with Crippen LogP contribution in [0.3, 0.4) is 0 Å². The number of carbonyl (C=O) groups excluding carboxylic acids is 1. The van der Waals surface area contributed by atoms with Gasteiger partial charge < -0.3 is 5.32 Å². The van der Waals surface area contributed by atoms with Gasteiger partial charge in [-0.25, -0.2) is 4.39 Å². The quantitative estimate of drug-likeness (QED) is 0.835. The third-order valence-corrected chi connectivity index (χ3v) is 4.44. The van der Waals surface area contributed by atoms with Crippen LogP contribution in [0.1, 0.15) is 42.5 Å². The van der Waals surface area contributed by atoms with Crippen molar-refractivity contribution in [2.24, 2.45) is 0 Å². The molecule has 1 amide bonds. The van der Waals surface area contributed by atoms with E-state index in [1.165, 1.54) is 12.1 Å². The lowest BCUT2D eigenvalue weighted by atomic mass is 9.83. The van der Waals surface area contributed by atoms with Gasteiger partial charge in [-0.3, -0.25) is 4.79 Å². The molecule has 1 fully saturated rings. The van der Waals surface area contributed by atoms with Crippen molar-refractivity contribution in [1.29, 1.82) is 0 Å². The lowest BCUT2D eigenvalue weighted by Gasteiger charge is -2.36. The molecule has 2 rings (SSSR count). The summed E-state index contributed by atoms with van der Waals surface area (Å²) in [6, 6.07) is 4.42. The van der Waals surface area contributed by atoms with E-state index >= 15 is 0 Å². The molecular weight excluding hydrogens is 288 g/mol. The summed E-state index contributed by atoms with van der Waals surface area (Å²) in [5, 5.41) is 2.85. The van der Waals surface area contributed by atoms with E-state index in [4.69, 9.17) is 23.2 Å². The van der Waals surface area contributed by atoms with E-state index in [1.54, 1.807) is 6.07 Å². The van der Waals surface area contributed by atoms with Gasteiger partial charge in [-0.15, -0.1) is 11.6 Å². The lowest BCUT2D eigenvalue weighted by Crippen LogP contribution is -2.51. The van der Waals surface area contributed by atoms with Crippen molar-refractivity contribution in [2.45, 2.75) is 37.6 Å². The summed E-state index contributed by atoms with van der Waals surface area (Å²) in [4.78, 5) is 12.2. The monoisotopic (exact) mass is 303 g/mol. The average Bonchev–Trinajstić information content (AvgIpc) is 2.42. The topological polar surface area (TPSA) is 29.1 Å². The van der Waals surface area contributed by atoms with Crippen molar-refractivity contribution >= 4 is 29.1 Å². The fraction of sp³-hybridized carbons (Fsp3) is 0.500. The van der Waals surface area contributed by atoms with E-state index in [-0.39, 0.29) is 10.6 Å². The minimum absolute atomic E-state index is 0.0254. The lowest BCUT2D eigenvalue weighted by molar-refractivity contribution is 0.0880. The fourth-order valence-corrected chi connectivity index (χ4v) is 3.02. The maximum atomic E-state index is 13.8. The van der Waals surface area contributed by atoms with Crippen LogP contribution in [0.15, 0.2) is 18.2 Å². The SMILES string of the molecule is O=C(NC1(CCl)CCCCC1)c1cccc(Cl)c1F. The highest BCUT2D eigenvalue weighted by molar-refractivity contribution is 6.31. The first-order chi connectivity index (χ1) is 9.08. The molecule has 0 spiro atoms. The predicted octanol–water partition coefficient (Wildman–Crippen LogP) is 4.15. The van der Waals surface area contributed by atoms with Crippen LogP contribution >= 0.6 is 23.2 Å². The molecule has 104 valence electrons. The summed E-state index contributed by atoms with van der Waals surface area (Å²) in [5.74, 6) is -0.772. The Labute approximate surface area is 122 Å². The first kappa shape index (κ1) is 14.6. The first-order valence-electron chi connectivity index (χ1n) is 6.40. The number of hydrogen-bond donors (Lipinski definition) is 1. The van der Waals surface area contributed by atoms with E-state index in [0.717, 1.165) is 32.1 Å². The molecular formula is C14H16Cl2FNO. The Morgan fingerprint density at radius 3 is 2.63 bits per heavy atom. The van der Waals surface area contributed by atoms with E-state index in [0.29, 0.717) is 5.88 Å². The van der Waals surface area contributed by atoms with Crippen LogP contribution in [0.4, 0.5) is 4.39 Å². The van der Waals surface area contributed by atoms with Gasteiger partial charge in [-0.1, -0.05) is 36.9 Å². The maximum absolute atomic E-state index is 13.8. The van der Waals surface area contributed by atoms with E-state index in [1.807, 2.05) is 0 Å². The molecule has 0 radical (unpaired) electrons. The van der Waals surface area contributed by atoms with Crippen LogP contribution in [-0.2, 0) is 0 Å². The van der Waals surface area contributed by atoms with Gasteiger partial charge >= 0.3 is 0 Å². The normalized spacial score (nSPS) is 18.1. The summed E-state index contributed by atoms with van der Waals surface area (Å²) < 4.78 is 13.8. The largest absolute Gasteiger partial charge is 0.345 e. The summed E-state index contributed by atoms with van der Waals surface area (Å²) in [6.45, 7) is 0. The van der Waals surface area contributed by atoms with E-state index < -0.39 is 17.3 Å². The fourth-order valence-electron chi connectivity index (χ4n) is 2.51. The third-order valence-electron chi connectivity index (χ3n) is 3.64. The van der Waals surface area contributed by atoms with Crippen LogP contribution in [0.5, 0.6) is 0 Å².